The number of ether oxygens (including phenoxy) is 1. The van der Waals surface area contributed by atoms with E-state index in [0.717, 1.165) is 11.3 Å². The molecule has 0 aliphatic carbocycles. The summed E-state index contributed by atoms with van der Waals surface area (Å²) < 4.78 is 5.66. The topological polar surface area (TPSA) is 48.1 Å². The maximum absolute atomic E-state index is 6.21. The fourth-order valence-electron chi connectivity index (χ4n) is 1.84. The Balaban J connectivity index is 2.29. The van der Waals surface area contributed by atoms with Gasteiger partial charge in [0.2, 0.25) is 0 Å². The van der Waals surface area contributed by atoms with E-state index in [1.165, 1.54) is 0 Å². The number of aromatic nitrogens is 1. The number of nitrogens with zero attached hydrogens (tertiary/aromatic N) is 1. The molecule has 0 radical (unpaired) electrons. The van der Waals surface area contributed by atoms with Crippen molar-refractivity contribution >= 4 is 11.6 Å². The highest BCUT2D eigenvalue weighted by Gasteiger charge is 2.14. The quantitative estimate of drug-likeness (QED) is 0.929. The van der Waals surface area contributed by atoms with Gasteiger partial charge in [-0.3, -0.25) is 4.98 Å². The standard InChI is InChI=1S/C15H17ClN2O/c1-10(2)19-12-6-3-5-11(9-12)14(17)15-13(16)7-4-8-18-15/h3-10,14H,17H2,1-2H3. The van der Waals surface area contributed by atoms with Crippen LogP contribution in [0.15, 0.2) is 42.6 Å². The van der Waals surface area contributed by atoms with E-state index in [0.29, 0.717) is 10.7 Å². The first-order valence-electron chi connectivity index (χ1n) is 6.20. The normalized spacial score (nSPS) is 12.5. The van der Waals surface area contributed by atoms with Crippen molar-refractivity contribution in [2.75, 3.05) is 0 Å². The third-order valence-corrected chi connectivity index (χ3v) is 2.99. The number of rotatable bonds is 4. The lowest BCUT2D eigenvalue weighted by Crippen LogP contribution is -2.14. The van der Waals surface area contributed by atoms with E-state index in [1.807, 2.05) is 38.1 Å². The van der Waals surface area contributed by atoms with Crippen LogP contribution in [-0.4, -0.2) is 11.1 Å². The number of nitrogens with two attached hydrogens (primary N) is 1. The Morgan fingerprint density at radius 3 is 2.68 bits per heavy atom. The molecule has 4 heteroatoms. The van der Waals surface area contributed by atoms with E-state index in [9.17, 15) is 0 Å². The molecule has 0 fully saturated rings. The van der Waals surface area contributed by atoms with Crippen molar-refractivity contribution < 1.29 is 4.74 Å². The second kappa shape index (κ2) is 6.04. The molecule has 0 bridgehead atoms. The fraction of sp³-hybridized carbons (Fsp3) is 0.267. The third kappa shape index (κ3) is 3.46. The lowest BCUT2D eigenvalue weighted by Gasteiger charge is -2.15. The van der Waals surface area contributed by atoms with Gasteiger partial charge in [-0.25, -0.2) is 0 Å². The van der Waals surface area contributed by atoms with Crippen LogP contribution in [-0.2, 0) is 0 Å². The Kier molecular flexibility index (Phi) is 4.40. The van der Waals surface area contributed by atoms with Gasteiger partial charge in [-0.1, -0.05) is 23.7 Å². The number of halogens is 1. The van der Waals surface area contributed by atoms with Crippen molar-refractivity contribution in [3.05, 3.63) is 58.9 Å². The zero-order valence-electron chi connectivity index (χ0n) is 11.0. The third-order valence-electron chi connectivity index (χ3n) is 2.67. The fourth-order valence-corrected chi connectivity index (χ4v) is 2.08. The maximum Gasteiger partial charge on any atom is 0.120 e. The van der Waals surface area contributed by atoms with E-state index in [-0.39, 0.29) is 12.1 Å². The smallest absolute Gasteiger partial charge is 0.120 e. The predicted octanol–water partition coefficient (Wildman–Crippen LogP) is 3.57. The molecule has 19 heavy (non-hydrogen) atoms. The van der Waals surface area contributed by atoms with E-state index < -0.39 is 0 Å². The van der Waals surface area contributed by atoms with Crippen LogP contribution in [0.2, 0.25) is 5.02 Å². The molecular formula is C15H17ClN2O. The first-order valence-corrected chi connectivity index (χ1v) is 6.58. The maximum atomic E-state index is 6.21. The lowest BCUT2D eigenvalue weighted by molar-refractivity contribution is 0.242. The molecule has 1 aromatic heterocycles. The van der Waals surface area contributed by atoms with Gasteiger partial charge in [0, 0.05) is 6.20 Å². The first-order chi connectivity index (χ1) is 9.08. The SMILES string of the molecule is CC(C)Oc1cccc(C(N)c2ncccc2Cl)c1. The van der Waals surface area contributed by atoms with Gasteiger partial charge in [-0.05, 0) is 43.7 Å². The van der Waals surface area contributed by atoms with E-state index in [1.54, 1.807) is 18.3 Å². The van der Waals surface area contributed by atoms with Crippen molar-refractivity contribution in [3.63, 3.8) is 0 Å². The molecule has 0 aliphatic heterocycles. The summed E-state index contributed by atoms with van der Waals surface area (Å²) in [5.41, 5.74) is 7.82. The first kappa shape index (κ1) is 13.8. The Morgan fingerprint density at radius 2 is 2.00 bits per heavy atom. The van der Waals surface area contributed by atoms with Crippen LogP contribution in [0, 0.1) is 0 Å². The van der Waals surface area contributed by atoms with E-state index >= 15 is 0 Å². The molecular weight excluding hydrogens is 260 g/mol. The zero-order chi connectivity index (χ0) is 13.8. The molecule has 1 atom stereocenters. The molecule has 0 saturated carbocycles. The lowest BCUT2D eigenvalue weighted by atomic mass is 10.0. The molecule has 2 aromatic rings. The molecule has 2 rings (SSSR count). The Labute approximate surface area is 118 Å². The van der Waals surface area contributed by atoms with Gasteiger partial charge in [-0.2, -0.15) is 0 Å². The summed E-state index contributed by atoms with van der Waals surface area (Å²) in [4.78, 5) is 4.25. The van der Waals surface area contributed by atoms with Crippen molar-refractivity contribution in [1.29, 1.82) is 0 Å². The number of benzene rings is 1. The number of pyridine rings is 1. The summed E-state index contributed by atoms with van der Waals surface area (Å²) >= 11 is 6.12. The summed E-state index contributed by atoms with van der Waals surface area (Å²) in [5.74, 6) is 0.801. The highest BCUT2D eigenvalue weighted by atomic mass is 35.5. The van der Waals surface area contributed by atoms with Gasteiger partial charge in [0.15, 0.2) is 0 Å². The molecule has 1 unspecified atom stereocenters. The van der Waals surface area contributed by atoms with Gasteiger partial charge >= 0.3 is 0 Å². The number of hydrogen-bond donors (Lipinski definition) is 1. The minimum absolute atomic E-state index is 0.130. The van der Waals surface area contributed by atoms with Crippen molar-refractivity contribution in [3.8, 4) is 5.75 Å². The van der Waals surface area contributed by atoms with Crippen molar-refractivity contribution in [2.24, 2.45) is 5.73 Å². The van der Waals surface area contributed by atoms with Crippen LogP contribution >= 0.6 is 11.6 Å². The summed E-state index contributed by atoms with van der Waals surface area (Å²) in [6.45, 7) is 3.98. The molecule has 1 heterocycles. The summed E-state index contributed by atoms with van der Waals surface area (Å²) in [7, 11) is 0. The van der Waals surface area contributed by atoms with Crippen LogP contribution in [0.3, 0.4) is 0 Å². The van der Waals surface area contributed by atoms with E-state index in [2.05, 4.69) is 4.98 Å². The van der Waals surface area contributed by atoms with E-state index in [4.69, 9.17) is 22.1 Å². The minimum atomic E-state index is -0.357. The molecule has 100 valence electrons. The largest absolute Gasteiger partial charge is 0.491 e. The van der Waals surface area contributed by atoms with Crippen LogP contribution in [0.1, 0.15) is 31.1 Å². The Hall–Kier alpha value is -1.58. The Bertz CT molecular complexity index is 557. The zero-order valence-corrected chi connectivity index (χ0v) is 11.8. The van der Waals surface area contributed by atoms with Crippen LogP contribution in [0.4, 0.5) is 0 Å². The molecule has 0 amide bonds. The van der Waals surface area contributed by atoms with Gasteiger partial charge in [0.05, 0.1) is 22.9 Å². The van der Waals surface area contributed by atoms with Gasteiger partial charge < -0.3 is 10.5 Å². The molecule has 2 N–H and O–H groups in total. The number of hydrogen-bond acceptors (Lipinski definition) is 3. The summed E-state index contributed by atoms with van der Waals surface area (Å²) in [6.07, 6.45) is 1.82. The second-order valence-corrected chi connectivity index (χ2v) is 4.99. The molecule has 0 spiro atoms. The van der Waals surface area contributed by atoms with Gasteiger partial charge in [0.25, 0.3) is 0 Å². The highest BCUT2D eigenvalue weighted by Crippen LogP contribution is 2.26. The predicted molar refractivity (Wildman–Crippen MR) is 77.5 cm³/mol. The highest BCUT2D eigenvalue weighted by molar-refractivity contribution is 6.31. The minimum Gasteiger partial charge on any atom is -0.491 e. The summed E-state index contributed by atoms with van der Waals surface area (Å²) in [5, 5.41) is 0.574. The van der Waals surface area contributed by atoms with Crippen LogP contribution < -0.4 is 10.5 Å². The van der Waals surface area contributed by atoms with Crippen molar-refractivity contribution in [2.45, 2.75) is 26.0 Å². The summed E-state index contributed by atoms with van der Waals surface area (Å²) in [6, 6.07) is 10.9. The molecule has 3 nitrogen and oxygen atoms in total. The van der Waals surface area contributed by atoms with Gasteiger partial charge in [0.1, 0.15) is 5.75 Å². The van der Waals surface area contributed by atoms with Crippen LogP contribution in [0.25, 0.3) is 0 Å². The van der Waals surface area contributed by atoms with Crippen LogP contribution in [0.5, 0.6) is 5.75 Å². The van der Waals surface area contributed by atoms with Gasteiger partial charge in [-0.15, -0.1) is 0 Å². The molecule has 0 aliphatic rings. The average Bonchev–Trinajstić information content (AvgIpc) is 2.38. The second-order valence-electron chi connectivity index (χ2n) is 4.59. The molecule has 0 saturated heterocycles. The van der Waals surface area contributed by atoms with Crippen molar-refractivity contribution in [1.82, 2.24) is 4.98 Å². The average molecular weight is 277 g/mol. The monoisotopic (exact) mass is 276 g/mol. The molecule has 1 aromatic carbocycles. The Morgan fingerprint density at radius 1 is 1.21 bits per heavy atom.